The zero-order valence-electron chi connectivity index (χ0n) is 8.76. The van der Waals surface area contributed by atoms with E-state index in [1.54, 1.807) is 42.5 Å². The van der Waals surface area contributed by atoms with E-state index in [2.05, 4.69) is 5.18 Å². The van der Waals surface area contributed by atoms with Crippen LogP contribution in [0.25, 0.3) is 11.1 Å². The predicted molar refractivity (Wildman–Crippen MR) is 67.7 cm³/mol. The molecule has 2 rings (SSSR count). The summed E-state index contributed by atoms with van der Waals surface area (Å²) in [6.07, 6.45) is 0.773. The van der Waals surface area contributed by atoms with E-state index in [9.17, 15) is 9.70 Å². The van der Waals surface area contributed by atoms with Crippen molar-refractivity contribution in [1.82, 2.24) is 0 Å². The monoisotopic (exact) mass is 245 g/mol. The van der Waals surface area contributed by atoms with E-state index in [-0.39, 0.29) is 0 Å². The lowest BCUT2D eigenvalue weighted by molar-refractivity contribution is 0.112. The molecule has 0 aliphatic heterocycles. The molecule has 84 valence electrons. The molecule has 0 aliphatic carbocycles. The molecule has 0 radical (unpaired) electrons. The Bertz CT molecular complexity index is 564. The Morgan fingerprint density at radius 3 is 2.35 bits per heavy atom. The van der Waals surface area contributed by atoms with Crippen LogP contribution in [-0.2, 0) is 0 Å². The first-order valence-corrected chi connectivity index (χ1v) is 5.31. The van der Waals surface area contributed by atoms with E-state index >= 15 is 0 Å². The van der Waals surface area contributed by atoms with Crippen molar-refractivity contribution in [2.45, 2.75) is 0 Å². The largest absolute Gasteiger partial charge is 0.298 e. The summed E-state index contributed by atoms with van der Waals surface area (Å²) < 4.78 is 0. The predicted octanol–water partition coefficient (Wildman–Crippen LogP) is 4.22. The number of halogens is 1. The van der Waals surface area contributed by atoms with Crippen molar-refractivity contribution >= 4 is 23.6 Å². The molecule has 0 bridgehead atoms. The summed E-state index contributed by atoms with van der Waals surface area (Å²) in [6, 6.07) is 11.7. The van der Waals surface area contributed by atoms with Crippen LogP contribution in [0.5, 0.6) is 0 Å². The second-order valence-corrected chi connectivity index (χ2v) is 3.90. The summed E-state index contributed by atoms with van der Waals surface area (Å²) in [4.78, 5) is 21.0. The van der Waals surface area contributed by atoms with Gasteiger partial charge in [-0.15, -0.1) is 4.91 Å². The second kappa shape index (κ2) is 4.89. The highest BCUT2D eigenvalue weighted by Crippen LogP contribution is 2.31. The van der Waals surface area contributed by atoms with Crippen LogP contribution in [0.15, 0.2) is 47.6 Å². The zero-order valence-corrected chi connectivity index (χ0v) is 9.52. The molecule has 2 aromatic carbocycles. The van der Waals surface area contributed by atoms with Gasteiger partial charge in [-0.3, -0.25) is 4.79 Å². The van der Waals surface area contributed by atoms with Crippen molar-refractivity contribution in [1.29, 1.82) is 0 Å². The summed E-state index contributed by atoms with van der Waals surface area (Å²) in [5, 5.41) is 3.40. The molecule has 0 saturated carbocycles. The quantitative estimate of drug-likeness (QED) is 0.600. The van der Waals surface area contributed by atoms with Gasteiger partial charge in [-0.05, 0) is 28.9 Å². The molecule has 17 heavy (non-hydrogen) atoms. The van der Waals surface area contributed by atoms with Gasteiger partial charge in [0, 0.05) is 16.1 Å². The van der Waals surface area contributed by atoms with Crippen molar-refractivity contribution in [2.75, 3.05) is 0 Å². The summed E-state index contributed by atoms with van der Waals surface area (Å²) >= 11 is 6.05. The fraction of sp³-hybridized carbons (Fsp3) is 0. The number of hydrogen-bond acceptors (Lipinski definition) is 3. The lowest BCUT2D eigenvalue weighted by Gasteiger charge is -2.05. The van der Waals surface area contributed by atoms with E-state index in [4.69, 9.17) is 11.6 Å². The van der Waals surface area contributed by atoms with Crippen LogP contribution in [0.1, 0.15) is 10.4 Å². The third-order valence-electron chi connectivity index (χ3n) is 2.41. The Kier molecular flexibility index (Phi) is 3.30. The molecule has 0 amide bonds. The molecule has 0 saturated heterocycles. The Labute approximate surface area is 103 Å². The van der Waals surface area contributed by atoms with Crippen LogP contribution < -0.4 is 0 Å². The minimum absolute atomic E-state index is 0.323. The molecular formula is C13H8ClNO2. The maximum atomic E-state index is 10.5. The smallest absolute Gasteiger partial charge is 0.150 e. The van der Waals surface area contributed by atoms with E-state index in [0.29, 0.717) is 16.3 Å². The van der Waals surface area contributed by atoms with Crippen LogP contribution in [0.2, 0.25) is 5.02 Å². The number of nitroso groups, excluding NO2 is 1. The number of carbonyl (C=O) groups is 1. The molecule has 0 unspecified atom stereocenters. The zero-order chi connectivity index (χ0) is 12.3. The van der Waals surface area contributed by atoms with Crippen molar-refractivity contribution < 1.29 is 4.79 Å². The topological polar surface area (TPSA) is 46.5 Å². The van der Waals surface area contributed by atoms with Crippen LogP contribution in [0, 0.1) is 4.91 Å². The van der Waals surface area contributed by atoms with Gasteiger partial charge in [-0.1, -0.05) is 35.9 Å². The molecule has 0 aliphatic rings. The summed E-state index contributed by atoms with van der Waals surface area (Å²) in [6.45, 7) is 0. The van der Waals surface area contributed by atoms with Crippen LogP contribution >= 0.6 is 11.6 Å². The van der Waals surface area contributed by atoms with Crippen LogP contribution in [0.4, 0.5) is 5.69 Å². The highest BCUT2D eigenvalue weighted by atomic mass is 35.5. The average molecular weight is 246 g/mol. The molecule has 0 heterocycles. The first kappa shape index (κ1) is 11.5. The molecule has 0 fully saturated rings. The molecule has 0 spiro atoms. The van der Waals surface area contributed by atoms with Crippen molar-refractivity contribution in [2.24, 2.45) is 5.18 Å². The third-order valence-corrected chi connectivity index (χ3v) is 2.74. The maximum absolute atomic E-state index is 10.5. The normalized spacial score (nSPS) is 9.94. The van der Waals surface area contributed by atoms with Crippen LogP contribution in [0.3, 0.4) is 0 Å². The second-order valence-electron chi connectivity index (χ2n) is 3.50. The van der Waals surface area contributed by atoms with E-state index in [0.717, 1.165) is 17.4 Å². The standard InChI is InChI=1S/C13H8ClNO2/c14-13-6-5-11(15-17)7-12(13)10-3-1-9(8-16)2-4-10/h1-8H. The Morgan fingerprint density at radius 1 is 1.06 bits per heavy atom. The molecule has 2 aromatic rings. The average Bonchev–Trinajstić information content (AvgIpc) is 2.39. The lowest BCUT2D eigenvalue weighted by Crippen LogP contribution is -1.82. The van der Waals surface area contributed by atoms with Crippen LogP contribution in [-0.4, -0.2) is 6.29 Å². The molecule has 0 atom stereocenters. The van der Waals surface area contributed by atoms with Gasteiger partial charge in [0.05, 0.1) is 0 Å². The van der Waals surface area contributed by atoms with Gasteiger partial charge < -0.3 is 0 Å². The van der Waals surface area contributed by atoms with E-state index in [1.807, 2.05) is 0 Å². The summed E-state index contributed by atoms with van der Waals surface area (Å²) in [5.41, 5.74) is 2.48. The molecule has 0 aromatic heterocycles. The van der Waals surface area contributed by atoms with Gasteiger partial charge in [-0.25, -0.2) is 0 Å². The molecular weight excluding hydrogens is 238 g/mol. The Balaban J connectivity index is 2.50. The van der Waals surface area contributed by atoms with E-state index < -0.39 is 0 Å². The van der Waals surface area contributed by atoms with Gasteiger partial charge >= 0.3 is 0 Å². The lowest BCUT2D eigenvalue weighted by atomic mass is 10.0. The number of benzene rings is 2. The Morgan fingerprint density at radius 2 is 1.76 bits per heavy atom. The number of carbonyl (C=O) groups excluding carboxylic acids is 1. The first-order chi connectivity index (χ1) is 8.24. The number of rotatable bonds is 3. The minimum atomic E-state index is 0.323. The molecule has 0 N–H and O–H groups in total. The van der Waals surface area contributed by atoms with Gasteiger partial charge in [-0.2, -0.15) is 0 Å². The van der Waals surface area contributed by atoms with Crippen molar-refractivity contribution in [3.63, 3.8) is 0 Å². The summed E-state index contributed by atoms with van der Waals surface area (Å²) in [7, 11) is 0. The fourth-order valence-electron chi connectivity index (χ4n) is 1.53. The SMILES string of the molecule is O=Cc1ccc(-c2cc(N=O)ccc2Cl)cc1. The van der Waals surface area contributed by atoms with Crippen molar-refractivity contribution in [3.05, 3.63) is 58.0 Å². The van der Waals surface area contributed by atoms with Gasteiger partial charge in [0.2, 0.25) is 0 Å². The Hall–Kier alpha value is -2.00. The maximum Gasteiger partial charge on any atom is 0.150 e. The summed E-state index contributed by atoms with van der Waals surface area (Å²) in [5.74, 6) is 0. The minimum Gasteiger partial charge on any atom is -0.298 e. The molecule has 3 nitrogen and oxygen atoms in total. The van der Waals surface area contributed by atoms with Gasteiger partial charge in [0.15, 0.2) is 0 Å². The van der Waals surface area contributed by atoms with Gasteiger partial charge in [0.1, 0.15) is 12.0 Å². The third kappa shape index (κ3) is 2.40. The molecule has 4 heteroatoms. The fourth-order valence-corrected chi connectivity index (χ4v) is 1.76. The van der Waals surface area contributed by atoms with Gasteiger partial charge in [0.25, 0.3) is 0 Å². The van der Waals surface area contributed by atoms with Crippen molar-refractivity contribution in [3.8, 4) is 11.1 Å². The number of aldehydes is 1. The first-order valence-electron chi connectivity index (χ1n) is 4.93. The number of nitrogens with zero attached hydrogens (tertiary/aromatic N) is 1. The van der Waals surface area contributed by atoms with E-state index in [1.165, 1.54) is 0 Å². The highest BCUT2D eigenvalue weighted by Gasteiger charge is 2.05. The number of hydrogen-bond donors (Lipinski definition) is 0. The highest BCUT2D eigenvalue weighted by molar-refractivity contribution is 6.33.